The molecule has 1 saturated heterocycles. The maximum atomic E-state index is 13.1. The molecule has 0 unspecified atom stereocenters. The summed E-state index contributed by atoms with van der Waals surface area (Å²) >= 11 is 0. The van der Waals surface area contributed by atoms with Gasteiger partial charge < -0.3 is 9.64 Å². The van der Waals surface area contributed by atoms with Crippen LogP contribution >= 0.6 is 0 Å². The molecule has 128 valence electrons. The molecule has 7 nitrogen and oxygen atoms in total. The summed E-state index contributed by atoms with van der Waals surface area (Å²) in [4.78, 5) is 25.3. The highest BCUT2D eigenvalue weighted by Crippen LogP contribution is 2.21. The van der Waals surface area contributed by atoms with Crippen molar-refractivity contribution in [2.75, 3.05) is 19.7 Å². The number of hydrogen-bond acceptors (Lipinski definition) is 4. The molecule has 0 aliphatic carbocycles. The number of rotatable bonds is 4. The van der Waals surface area contributed by atoms with Crippen molar-refractivity contribution in [3.05, 3.63) is 46.6 Å². The summed E-state index contributed by atoms with van der Waals surface area (Å²) in [5, 5.41) is 6.04. The molecule has 1 aliphatic heterocycles. The second-order valence-electron chi connectivity index (χ2n) is 5.55. The Labute approximate surface area is 135 Å². The van der Waals surface area contributed by atoms with Gasteiger partial charge in [-0.25, -0.2) is 18.7 Å². The second kappa shape index (κ2) is 6.81. The van der Waals surface area contributed by atoms with E-state index in [1.165, 1.54) is 17.0 Å². The lowest BCUT2D eigenvalue weighted by atomic mass is 10.1. The highest BCUT2D eigenvalue weighted by atomic mass is 19.2. The summed E-state index contributed by atoms with van der Waals surface area (Å²) < 4.78 is 32.7. The Kier molecular flexibility index (Phi) is 4.59. The monoisotopic (exact) mass is 338 g/mol. The van der Waals surface area contributed by atoms with Crippen LogP contribution in [0.1, 0.15) is 18.9 Å². The minimum Gasteiger partial charge on any atom is -0.484 e. The molecule has 1 aromatic heterocycles. The average Bonchev–Trinajstić information content (AvgIpc) is 3.02. The topological polar surface area (TPSA) is 80.2 Å². The van der Waals surface area contributed by atoms with Crippen LogP contribution in [-0.2, 0) is 4.79 Å². The summed E-state index contributed by atoms with van der Waals surface area (Å²) in [7, 11) is 0. The number of halogens is 2. The van der Waals surface area contributed by atoms with Crippen molar-refractivity contribution in [2.45, 2.75) is 18.9 Å². The summed E-state index contributed by atoms with van der Waals surface area (Å²) in [5.74, 6) is -2.13. The Balaban J connectivity index is 1.51. The smallest absolute Gasteiger partial charge is 0.343 e. The van der Waals surface area contributed by atoms with Crippen molar-refractivity contribution in [1.29, 1.82) is 0 Å². The van der Waals surface area contributed by atoms with Crippen molar-refractivity contribution in [3.8, 4) is 5.75 Å². The molecule has 1 amide bonds. The molecule has 1 fully saturated rings. The fraction of sp³-hybridized carbons (Fsp3) is 0.400. The molecule has 1 aliphatic rings. The van der Waals surface area contributed by atoms with Gasteiger partial charge in [0.2, 0.25) is 0 Å². The molecule has 2 aromatic rings. The zero-order valence-electron chi connectivity index (χ0n) is 12.7. The molecule has 1 N–H and O–H groups in total. The van der Waals surface area contributed by atoms with Gasteiger partial charge in [-0.15, -0.1) is 0 Å². The Morgan fingerprint density at radius 2 is 2.04 bits per heavy atom. The standard InChI is InChI=1S/C15H16F2N4O3/c16-12-2-1-11(7-13(12)17)24-8-14(22)20-5-3-10(4-6-20)21-9-18-19-15(21)23/h1-2,7,9-10H,3-6,8H2,(H,19,23). The van der Waals surface area contributed by atoms with E-state index in [4.69, 9.17) is 4.74 Å². The lowest BCUT2D eigenvalue weighted by molar-refractivity contribution is -0.134. The highest BCUT2D eigenvalue weighted by Gasteiger charge is 2.25. The van der Waals surface area contributed by atoms with Crippen LogP contribution in [0, 0.1) is 11.6 Å². The number of benzene rings is 1. The first-order valence-corrected chi connectivity index (χ1v) is 7.51. The zero-order chi connectivity index (χ0) is 17.1. The largest absolute Gasteiger partial charge is 0.484 e. The van der Waals surface area contributed by atoms with Crippen LogP contribution in [0.5, 0.6) is 5.75 Å². The van der Waals surface area contributed by atoms with Crippen LogP contribution in [0.2, 0.25) is 0 Å². The van der Waals surface area contributed by atoms with Gasteiger partial charge in [-0.05, 0) is 25.0 Å². The van der Waals surface area contributed by atoms with E-state index in [1.54, 1.807) is 4.90 Å². The SMILES string of the molecule is O=C(COc1ccc(F)c(F)c1)N1CCC(n2cn[nH]c2=O)CC1. The molecule has 0 saturated carbocycles. The van der Waals surface area contributed by atoms with Crippen molar-refractivity contribution < 1.29 is 18.3 Å². The molecule has 24 heavy (non-hydrogen) atoms. The van der Waals surface area contributed by atoms with Gasteiger partial charge in [0, 0.05) is 25.2 Å². The van der Waals surface area contributed by atoms with E-state index in [2.05, 4.69) is 10.2 Å². The predicted octanol–water partition coefficient (Wildman–Crippen LogP) is 1.09. The summed E-state index contributed by atoms with van der Waals surface area (Å²) in [6.45, 7) is 0.728. The number of amides is 1. The van der Waals surface area contributed by atoms with E-state index in [-0.39, 0.29) is 30.0 Å². The number of hydrogen-bond donors (Lipinski definition) is 1. The van der Waals surface area contributed by atoms with E-state index in [0.717, 1.165) is 12.1 Å². The first-order chi connectivity index (χ1) is 11.5. The highest BCUT2D eigenvalue weighted by molar-refractivity contribution is 5.77. The third-order valence-corrected chi connectivity index (χ3v) is 4.04. The van der Waals surface area contributed by atoms with Crippen LogP contribution in [0.25, 0.3) is 0 Å². The first kappa shape index (κ1) is 16.2. The third-order valence-electron chi connectivity index (χ3n) is 4.04. The minimum absolute atomic E-state index is 0.00686. The molecule has 1 aromatic carbocycles. The number of ether oxygens (including phenoxy) is 1. The van der Waals surface area contributed by atoms with Crippen molar-refractivity contribution in [3.63, 3.8) is 0 Å². The fourth-order valence-electron chi connectivity index (χ4n) is 2.71. The number of carbonyl (C=O) groups excluding carboxylic acids is 1. The Morgan fingerprint density at radius 1 is 1.29 bits per heavy atom. The summed E-state index contributed by atoms with van der Waals surface area (Å²) in [5.41, 5.74) is -0.263. The average molecular weight is 338 g/mol. The molecule has 3 rings (SSSR count). The van der Waals surface area contributed by atoms with Gasteiger partial charge in [-0.1, -0.05) is 0 Å². The Morgan fingerprint density at radius 3 is 2.67 bits per heavy atom. The maximum absolute atomic E-state index is 13.1. The molecule has 0 radical (unpaired) electrons. The molecule has 2 heterocycles. The first-order valence-electron chi connectivity index (χ1n) is 7.51. The number of nitrogens with one attached hydrogen (secondary N) is 1. The second-order valence-corrected chi connectivity index (χ2v) is 5.55. The van der Waals surface area contributed by atoms with Crippen LogP contribution in [0.15, 0.2) is 29.3 Å². The molecular formula is C15H16F2N4O3. The Bertz CT molecular complexity index is 781. The van der Waals surface area contributed by atoms with Crippen LogP contribution in [0.3, 0.4) is 0 Å². The van der Waals surface area contributed by atoms with E-state index < -0.39 is 11.6 Å². The quantitative estimate of drug-likeness (QED) is 0.905. The maximum Gasteiger partial charge on any atom is 0.343 e. The molecular weight excluding hydrogens is 322 g/mol. The fourth-order valence-corrected chi connectivity index (χ4v) is 2.71. The number of nitrogens with zero attached hydrogens (tertiary/aromatic N) is 3. The van der Waals surface area contributed by atoms with Crippen molar-refractivity contribution >= 4 is 5.91 Å². The lowest BCUT2D eigenvalue weighted by Gasteiger charge is -2.31. The molecule has 0 bridgehead atoms. The minimum atomic E-state index is -1.02. The van der Waals surface area contributed by atoms with E-state index in [0.29, 0.717) is 25.9 Å². The zero-order valence-corrected chi connectivity index (χ0v) is 12.7. The van der Waals surface area contributed by atoms with Gasteiger partial charge in [0.15, 0.2) is 18.2 Å². The number of carbonyl (C=O) groups is 1. The van der Waals surface area contributed by atoms with E-state index >= 15 is 0 Å². The van der Waals surface area contributed by atoms with Gasteiger partial charge in [-0.3, -0.25) is 9.36 Å². The molecule has 0 spiro atoms. The summed E-state index contributed by atoms with van der Waals surface area (Å²) in [6, 6.07) is 3.12. The number of likely N-dealkylation sites (tertiary alicyclic amines) is 1. The number of aromatic amines is 1. The number of H-pyrrole nitrogens is 1. The summed E-state index contributed by atoms with van der Waals surface area (Å²) in [6.07, 6.45) is 2.73. The van der Waals surface area contributed by atoms with Crippen molar-refractivity contribution in [1.82, 2.24) is 19.7 Å². The number of piperidine rings is 1. The normalized spacial score (nSPS) is 15.5. The van der Waals surface area contributed by atoms with Crippen LogP contribution < -0.4 is 10.4 Å². The van der Waals surface area contributed by atoms with Gasteiger partial charge in [-0.2, -0.15) is 5.10 Å². The van der Waals surface area contributed by atoms with Gasteiger partial charge in [0.1, 0.15) is 12.1 Å². The van der Waals surface area contributed by atoms with E-state index in [9.17, 15) is 18.4 Å². The van der Waals surface area contributed by atoms with Crippen LogP contribution in [-0.4, -0.2) is 45.3 Å². The van der Waals surface area contributed by atoms with E-state index in [1.807, 2.05) is 0 Å². The van der Waals surface area contributed by atoms with Crippen molar-refractivity contribution in [2.24, 2.45) is 0 Å². The van der Waals surface area contributed by atoms with Gasteiger partial charge in [0.25, 0.3) is 5.91 Å². The predicted molar refractivity (Wildman–Crippen MR) is 79.6 cm³/mol. The third kappa shape index (κ3) is 3.44. The van der Waals surface area contributed by atoms with Gasteiger partial charge >= 0.3 is 5.69 Å². The number of aromatic nitrogens is 3. The molecule has 0 atom stereocenters. The van der Waals surface area contributed by atoms with Gasteiger partial charge in [0.05, 0.1) is 0 Å². The van der Waals surface area contributed by atoms with Crippen LogP contribution in [0.4, 0.5) is 8.78 Å². The Hall–Kier alpha value is -2.71. The lowest BCUT2D eigenvalue weighted by Crippen LogP contribution is -2.42. The molecule has 9 heteroatoms.